The predicted octanol–water partition coefficient (Wildman–Crippen LogP) is 11.0. The van der Waals surface area contributed by atoms with E-state index >= 15 is 0 Å². The first-order valence-corrected chi connectivity index (χ1v) is 31.6. The molecule has 11 rings (SSSR count). The SMILES string of the molecule is CC.CC.CC.CC.CC1(C)CCNC1.Cn1nc(C(=O)N2CCC(C)(C)C2)nc1-c1ccccc1.Cn1nc(C(=O)O)nc1-c1ccccc1.Cn1nc(C(=O)O)nc1Br.Cn1nc(CN2CCC(C)(C)C2)nc1-c1ccccc1.OB(O)c1ccccc1. The van der Waals surface area contributed by atoms with Crippen LogP contribution in [0.4, 0.5) is 0 Å². The molecule has 1 amide bonds. The van der Waals surface area contributed by atoms with Gasteiger partial charge in [-0.05, 0) is 70.0 Å². The highest BCUT2D eigenvalue weighted by Gasteiger charge is 2.34. The van der Waals surface area contributed by atoms with Crippen molar-refractivity contribution < 1.29 is 34.6 Å². The number of aromatic carboxylic acids is 2. The van der Waals surface area contributed by atoms with Gasteiger partial charge in [-0.2, -0.15) is 10.1 Å². The Labute approximate surface area is 542 Å². The molecule has 4 aromatic heterocycles. The molecule has 0 unspecified atom stereocenters. The van der Waals surface area contributed by atoms with Crippen LogP contribution in [0, 0.1) is 16.2 Å². The molecule has 3 fully saturated rings. The quantitative estimate of drug-likeness (QED) is 0.0840. The van der Waals surface area contributed by atoms with E-state index in [1.807, 2.05) is 164 Å². The maximum Gasteiger partial charge on any atom is 0.488 e. The number of rotatable bonds is 9. The lowest BCUT2D eigenvalue weighted by Crippen LogP contribution is -2.31. The van der Waals surface area contributed by atoms with E-state index in [1.54, 1.807) is 43.0 Å². The number of halogens is 1. The molecule has 0 atom stereocenters. The molecular weight excluding hydrogens is 1210 g/mol. The van der Waals surface area contributed by atoms with Gasteiger partial charge in [0.2, 0.25) is 5.82 Å². The third-order valence-corrected chi connectivity index (χ3v) is 14.2. The van der Waals surface area contributed by atoms with Gasteiger partial charge >= 0.3 is 19.1 Å². The van der Waals surface area contributed by atoms with Gasteiger partial charge in [-0.25, -0.2) is 43.3 Å². The van der Waals surface area contributed by atoms with Gasteiger partial charge in [-0.15, -0.1) is 15.3 Å². The van der Waals surface area contributed by atoms with Crippen LogP contribution in [0.25, 0.3) is 34.2 Å². The van der Waals surface area contributed by atoms with Crippen molar-refractivity contribution in [1.29, 1.82) is 0 Å². The number of amides is 1. The van der Waals surface area contributed by atoms with Crippen molar-refractivity contribution in [2.75, 3.05) is 39.3 Å². The van der Waals surface area contributed by atoms with E-state index < -0.39 is 19.1 Å². The smallest absolute Gasteiger partial charge is 0.475 e. The number of hydrogen-bond donors (Lipinski definition) is 5. The zero-order chi connectivity index (χ0) is 67.8. The number of benzene rings is 4. The van der Waals surface area contributed by atoms with E-state index in [1.165, 1.54) is 35.3 Å². The highest BCUT2D eigenvalue weighted by Crippen LogP contribution is 2.31. The van der Waals surface area contributed by atoms with Crippen molar-refractivity contribution in [2.24, 2.45) is 44.4 Å². The van der Waals surface area contributed by atoms with Crippen molar-refractivity contribution in [3.8, 4) is 34.2 Å². The molecule has 7 heterocycles. The van der Waals surface area contributed by atoms with Crippen LogP contribution in [0.15, 0.2) is 126 Å². The first kappa shape index (κ1) is 78.3. The van der Waals surface area contributed by atoms with Crippen molar-refractivity contribution in [3.05, 3.63) is 149 Å². The van der Waals surface area contributed by atoms with Crippen LogP contribution < -0.4 is 10.8 Å². The Kier molecular flexibility index (Phi) is 34.3. The van der Waals surface area contributed by atoms with Gasteiger partial charge in [0.05, 0.1) is 6.54 Å². The summed E-state index contributed by atoms with van der Waals surface area (Å²) in [4.78, 5) is 54.3. The number of carbonyl (C=O) groups is 3. The van der Waals surface area contributed by atoms with Gasteiger partial charge < -0.3 is 30.5 Å². The Morgan fingerprint density at radius 1 is 0.500 bits per heavy atom. The molecule has 5 N–H and O–H groups in total. The Hall–Kier alpha value is -7.77. The van der Waals surface area contributed by atoms with Crippen molar-refractivity contribution in [2.45, 2.75) is 123 Å². The van der Waals surface area contributed by atoms with Crippen LogP contribution in [0.2, 0.25) is 0 Å². The van der Waals surface area contributed by atoms with Gasteiger partial charge in [-0.3, -0.25) is 9.69 Å². The number of aromatic nitrogens is 12. The van der Waals surface area contributed by atoms with E-state index in [0.717, 1.165) is 73.3 Å². The topological polar surface area (TPSA) is 273 Å². The summed E-state index contributed by atoms with van der Waals surface area (Å²) in [7, 11) is 5.71. The number of hydrogen-bond acceptors (Lipinski definition) is 15. The molecule has 4 aromatic carbocycles. The van der Waals surface area contributed by atoms with Gasteiger partial charge in [0.25, 0.3) is 17.6 Å². The monoisotopic (exact) mass is 1300 g/mol. The fourth-order valence-corrected chi connectivity index (χ4v) is 9.23. The fraction of sp³-hybridized carbons (Fsp3) is 0.470. The molecule has 3 aliphatic heterocycles. The summed E-state index contributed by atoms with van der Waals surface area (Å²) in [5.74, 6) is 0.723. The summed E-state index contributed by atoms with van der Waals surface area (Å²) in [6.07, 6.45) is 3.62. The Bertz CT molecular complexity index is 3290. The average Bonchev–Trinajstić information content (AvgIpc) is 1.97. The molecule has 0 saturated carbocycles. The number of aryl methyl sites for hydroxylation is 4. The van der Waals surface area contributed by atoms with Gasteiger partial charge in [0.1, 0.15) is 0 Å². The van der Waals surface area contributed by atoms with Crippen LogP contribution in [0.3, 0.4) is 0 Å². The molecule has 490 valence electrons. The molecule has 8 aromatic rings. The third kappa shape index (κ3) is 26.0. The molecule has 0 bridgehead atoms. The predicted molar refractivity (Wildman–Crippen MR) is 363 cm³/mol. The Balaban J connectivity index is 0.000000372. The Morgan fingerprint density at radius 3 is 1.21 bits per heavy atom. The summed E-state index contributed by atoms with van der Waals surface area (Å²) in [6.45, 7) is 36.7. The summed E-state index contributed by atoms with van der Waals surface area (Å²) < 4.78 is 6.75. The zero-order valence-corrected chi connectivity index (χ0v) is 57.9. The fourth-order valence-electron chi connectivity index (χ4n) is 8.98. The van der Waals surface area contributed by atoms with Crippen molar-refractivity contribution >= 4 is 46.4 Å². The van der Waals surface area contributed by atoms with Gasteiger partial charge in [0, 0.05) is 71.1 Å². The number of carbonyl (C=O) groups excluding carboxylic acids is 1. The second-order valence-electron chi connectivity index (χ2n) is 22.4. The van der Waals surface area contributed by atoms with E-state index in [9.17, 15) is 14.4 Å². The second kappa shape index (κ2) is 39.4. The lowest BCUT2D eigenvalue weighted by molar-refractivity contribution is 0.0673. The summed E-state index contributed by atoms with van der Waals surface area (Å²) >= 11 is 3.01. The van der Waals surface area contributed by atoms with Crippen LogP contribution in [0.5, 0.6) is 0 Å². The van der Waals surface area contributed by atoms with Crippen molar-refractivity contribution in [1.82, 2.24) is 74.2 Å². The number of carboxylic acids is 2. The zero-order valence-electron chi connectivity index (χ0n) is 56.3. The van der Waals surface area contributed by atoms with E-state index in [4.69, 9.17) is 25.2 Å². The molecule has 0 spiro atoms. The van der Waals surface area contributed by atoms with E-state index in [2.05, 4.69) is 115 Å². The van der Waals surface area contributed by atoms with E-state index in [0.29, 0.717) is 26.9 Å². The van der Waals surface area contributed by atoms with Crippen LogP contribution in [0.1, 0.15) is 154 Å². The minimum Gasteiger partial charge on any atom is -0.475 e. The first-order valence-electron chi connectivity index (χ1n) is 30.8. The van der Waals surface area contributed by atoms with Crippen LogP contribution >= 0.6 is 15.9 Å². The largest absolute Gasteiger partial charge is 0.488 e. The van der Waals surface area contributed by atoms with Gasteiger partial charge in [0.15, 0.2) is 28.0 Å². The number of likely N-dealkylation sites (tertiary alicyclic amines) is 2. The van der Waals surface area contributed by atoms with E-state index in [-0.39, 0.29) is 28.8 Å². The summed E-state index contributed by atoms with van der Waals surface area (Å²) in [5, 5.41) is 53.8. The molecule has 0 aliphatic carbocycles. The number of carboxylic acid groups (broad SMARTS) is 2. The molecule has 3 aliphatic rings. The van der Waals surface area contributed by atoms with Gasteiger partial charge in [-0.1, -0.05) is 218 Å². The maximum absolute atomic E-state index is 12.5. The Morgan fingerprint density at radius 2 is 0.889 bits per heavy atom. The standard InChI is InChI=1S/C16H20N4O.C16H22N4.C10H9N3O2.C6H7BO2.C6H13N.C4H4BrN3O2.4C2H6/c1-16(2)9-10-20(11-16)15(21)13-17-14(19(3)18-13)12-7-5-4-6-8-12;1-16(2)9-10-20(12-16)11-14-17-15(19(3)18-14)13-7-5-4-6-8-13;1-13-9(7-5-3-2-4-6-7)11-8(12-13)10(14)15;8-7(9)6-4-2-1-3-5-6;1-6(2)3-4-7-5-6;1-8-4(5)6-2(7-8)3(9)10;4*1-2/h4-8H,9-11H2,1-3H3;4-8H,9-12H2,1-3H3;2-6H,1H3,(H,14,15);1-5,8-9H;7H,3-5H2,1-2H3;1H3,(H,9,10);4*1-2H3. The van der Waals surface area contributed by atoms with Crippen LogP contribution in [-0.4, -0.2) is 153 Å². The molecule has 90 heavy (non-hydrogen) atoms. The van der Waals surface area contributed by atoms with Crippen LogP contribution in [-0.2, 0) is 34.7 Å². The normalized spacial score (nSPS) is 14.3. The number of nitrogens with one attached hydrogen (secondary N) is 1. The minimum absolute atomic E-state index is 0.0710. The summed E-state index contributed by atoms with van der Waals surface area (Å²) in [6, 6.07) is 38.0. The van der Waals surface area contributed by atoms with Crippen molar-refractivity contribution in [3.63, 3.8) is 0 Å². The first-order chi connectivity index (χ1) is 42.8. The molecule has 0 radical (unpaired) electrons. The molecule has 22 nitrogen and oxygen atoms in total. The molecular formula is C66H99BBrN15O7. The molecule has 24 heteroatoms. The highest BCUT2D eigenvalue weighted by molar-refractivity contribution is 9.10. The highest BCUT2D eigenvalue weighted by atomic mass is 79.9. The average molecular weight is 1310 g/mol. The summed E-state index contributed by atoms with van der Waals surface area (Å²) in [5.41, 5.74) is 4.66. The number of nitrogens with zero attached hydrogens (tertiary/aromatic N) is 14. The molecule has 3 saturated heterocycles. The lowest BCUT2D eigenvalue weighted by atomic mass is 9.81. The maximum atomic E-state index is 12.5. The second-order valence-corrected chi connectivity index (χ2v) is 23.1. The lowest BCUT2D eigenvalue weighted by Gasteiger charge is -2.18. The third-order valence-electron chi connectivity index (χ3n) is 13.5. The minimum atomic E-state index is -1.34.